The summed E-state index contributed by atoms with van der Waals surface area (Å²) in [6.45, 7) is 42.5. The van der Waals surface area contributed by atoms with Gasteiger partial charge in [-0.3, -0.25) is 0 Å². The second kappa shape index (κ2) is 55.7. The molecule has 0 amide bonds. The molecule has 0 bridgehead atoms. The van der Waals surface area contributed by atoms with E-state index in [1.165, 1.54) is 40.7 Å². The normalized spacial score (nSPS) is 9.47. The molecule has 0 aliphatic heterocycles. The molecule has 0 unspecified atom stereocenters. The van der Waals surface area contributed by atoms with Gasteiger partial charge in [0.2, 0.25) is 0 Å². The standard InChI is InChI=1S/C15H16O2.3C10H14O.C10H14.2C6H6O.2C3H8.3C2H6/c1-15(2,11-3-7-13(16)8-4-11)12-5-9-14(17)10-6-12;3*1-8(2)10-5-3-9(7-11)4-6-10;1-3-9-5-7-10(4-2)8-6-9;2*7-6-4-2-1-3-5-6;2*1-3-2;3*1-2/h3-10,16-17H,1-2H3;3*3-6,8,11H,7H2,1-2H3;5-8H,3-4H2,1-2H3;2*1-5,7H;2*3H2,1-2H3;3*1-2H3. The SMILES string of the molecule is CC.CC.CC.CC(C)(c1ccc(O)cc1)c1ccc(O)cc1.CC(C)c1ccc(CO)cc1.CC(C)c1ccc(CO)cc1.CC(C)c1ccc(CO)cc1.CCC.CCC.CCc1ccc(CC)cc1.Oc1ccccc1.Oc1ccccc1. The van der Waals surface area contributed by atoms with Crippen molar-refractivity contribution in [2.75, 3.05) is 0 Å². The first-order valence-electron chi connectivity index (χ1n) is 31.4. The molecule has 0 aliphatic carbocycles. The highest BCUT2D eigenvalue weighted by molar-refractivity contribution is 5.41. The Bertz CT molecular complexity index is 2410. The van der Waals surface area contributed by atoms with Crippen molar-refractivity contribution in [3.8, 4) is 23.0 Å². The van der Waals surface area contributed by atoms with Crippen LogP contribution < -0.4 is 0 Å². The third-order valence-electron chi connectivity index (χ3n) is 12.0. The summed E-state index contributed by atoms with van der Waals surface area (Å²) in [7, 11) is 0. The van der Waals surface area contributed by atoms with Crippen molar-refractivity contribution in [3.63, 3.8) is 0 Å². The van der Waals surface area contributed by atoms with E-state index in [1.807, 2.05) is 114 Å². The van der Waals surface area contributed by atoms with Crippen LogP contribution in [-0.4, -0.2) is 35.7 Å². The van der Waals surface area contributed by atoms with Gasteiger partial charge in [0.15, 0.2) is 0 Å². The number of phenols is 4. The Hall–Kier alpha value is -7.16. The molecule has 0 aromatic heterocycles. The van der Waals surface area contributed by atoms with E-state index in [0.717, 1.165) is 40.7 Å². The highest BCUT2D eigenvalue weighted by atomic mass is 16.3. The van der Waals surface area contributed by atoms with Gasteiger partial charge in [-0.15, -0.1) is 0 Å². The molecule has 86 heavy (non-hydrogen) atoms. The van der Waals surface area contributed by atoms with Gasteiger partial charge >= 0.3 is 0 Å². The number of benzene rings is 8. The summed E-state index contributed by atoms with van der Waals surface area (Å²) in [6, 6.07) is 64.9. The van der Waals surface area contributed by atoms with E-state index in [2.05, 4.69) is 158 Å². The largest absolute Gasteiger partial charge is 0.508 e. The summed E-state index contributed by atoms with van der Waals surface area (Å²) in [5, 5.41) is 62.2. The van der Waals surface area contributed by atoms with Crippen molar-refractivity contribution < 1.29 is 35.7 Å². The average molecular weight is 1180 g/mol. The predicted molar refractivity (Wildman–Crippen MR) is 375 cm³/mol. The Morgan fingerprint density at radius 3 is 0.616 bits per heavy atom. The van der Waals surface area contributed by atoms with Crippen LogP contribution >= 0.6 is 0 Å². The molecule has 8 aromatic rings. The van der Waals surface area contributed by atoms with Gasteiger partial charge in [0.05, 0.1) is 19.8 Å². The lowest BCUT2D eigenvalue weighted by Gasteiger charge is -2.26. The summed E-state index contributed by atoms with van der Waals surface area (Å²) in [4.78, 5) is 0. The number of phenolic OH excluding ortho intramolecular Hbond substituents is 4. The zero-order valence-corrected chi connectivity index (χ0v) is 56.9. The Morgan fingerprint density at radius 2 is 0.465 bits per heavy atom. The van der Waals surface area contributed by atoms with Gasteiger partial charge in [-0.05, 0) is 135 Å². The number of rotatable bonds is 10. The van der Waals surface area contributed by atoms with Gasteiger partial charge < -0.3 is 35.7 Å². The molecular formula is C79H118O7. The summed E-state index contributed by atoms with van der Waals surface area (Å²) < 4.78 is 0. The highest BCUT2D eigenvalue weighted by Gasteiger charge is 2.22. The number of aliphatic hydroxyl groups is 3. The molecule has 7 N–H and O–H groups in total. The maximum Gasteiger partial charge on any atom is 0.115 e. The summed E-state index contributed by atoms with van der Waals surface area (Å²) in [5.74, 6) is 2.91. The van der Waals surface area contributed by atoms with Crippen LogP contribution in [0.15, 0.2) is 206 Å². The number of hydrogen-bond acceptors (Lipinski definition) is 7. The molecular weight excluding hydrogens is 1060 g/mol. The van der Waals surface area contributed by atoms with Gasteiger partial charge in [-0.1, -0.05) is 309 Å². The van der Waals surface area contributed by atoms with Crippen LogP contribution in [-0.2, 0) is 38.1 Å². The van der Waals surface area contributed by atoms with Crippen LogP contribution in [0.4, 0.5) is 0 Å². The van der Waals surface area contributed by atoms with Crippen LogP contribution in [0.3, 0.4) is 0 Å². The molecule has 0 saturated heterocycles. The van der Waals surface area contributed by atoms with Gasteiger partial charge in [0.25, 0.3) is 0 Å². The topological polar surface area (TPSA) is 142 Å². The Kier molecular flexibility index (Phi) is 55.2. The second-order valence-corrected chi connectivity index (χ2v) is 20.5. The van der Waals surface area contributed by atoms with Gasteiger partial charge in [-0.2, -0.15) is 0 Å². The molecule has 8 aromatic carbocycles. The number of para-hydroxylation sites is 2. The van der Waals surface area contributed by atoms with E-state index < -0.39 is 0 Å². The quantitative estimate of drug-likeness (QED) is 0.0723. The molecule has 476 valence electrons. The van der Waals surface area contributed by atoms with Gasteiger partial charge in [0.1, 0.15) is 23.0 Å². The van der Waals surface area contributed by atoms with Crippen LogP contribution in [0.25, 0.3) is 0 Å². The third-order valence-corrected chi connectivity index (χ3v) is 12.0. The van der Waals surface area contributed by atoms with Gasteiger partial charge in [0, 0.05) is 5.41 Å². The van der Waals surface area contributed by atoms with Crippen molar-refractivity contribution in [2.45, 2.75) is 207 Å². The fourth-order valence-corrected chi connectivity index (χ4v) is 6.81. The molecule has 0 fully saturated rings. The fourth-order valence-electron chi connectivity index (χ4n) is 6.81. The zero-order chi connectivity index (χ0) is 66.3. The van der Waals surface area contributed by atoms with Crippen LogP contribution in [0.5, 0.6) is 23.0 Å². The fraction of sp³-hybridized carbons (Fsp3) is 0.392. The van der Waals surface area contributed by atoms with Crippen molar-refractivity contribution in [1.82, 2.24) is 0 Å². The van der Waals surface area contributed by atoms with Crippen molar-refractivity contribution >= 4 is 0 Å². The molecule has 8 rings (SSSR count). The number of aryl methyl sites for hydroxylation is 2. The second-order valence-electron chi connectivity index (χ2n) is 20.5. The minimum Gasteiger partial charge on any atom is -0.508 e. The van der Waals surface area contributed by atoms with Gasteiger partial charge in [-0.25, -0.2) is 0 Å². The number of aromatic hydroxyl groups is 4. The van der Waals surface area contributed by atoms with E-state index in [-0.39, 0.29) is 36.7 Å². The Balaban J connectivity index is -0.000000448. The van der Waals surface area contributed by atoms with Crippen LogP contribution in [0.2, 0.25) is 0 Å². The summed E-state index contributed by atoms with van der Waals surface area (Å²) in [6.07, 6.45) is 4.79. The number of aliphatic hydroxyl groups excluding tert-OH is 3. The maximum atomic E-state index is 9.30. The first-order valence-corrected chi connectivity index (χ1v) is 31.4. The first-order chi connectivity index (χ1) is 41.2. The monoisotopic (exact) mass is 1180 g/mol. The molecule has 0 aliphatic rings. The zero-order valence-electron chi connectivity index (χ0n) is 56.9. The Labute approximate surface area is 525 Å². The Morgan fingerprint density at radius 1 is 0.279 bits per heavy atom. The molecule has 0 radical (unpaired) electrons. The molecule has 0 spiro atoms. The van der Waals surface area contributed by atoms with Crippen molar-refractivity contribution in [1.29, 1.82) is 0 Å². The molecule has 7 nitrogen and oxygen atoms in total. The number of hydrogen-bond donors (Lipinski definition) is 7. The van der Waals surface area contributed by atoms with E-state index in [0.29, 0.717) is 29.3 Å². The molecule has 0 heterocycles. The minimum atomic E-state index is -0.151. The molecule has 0 atom stereocenters. The lowest BCUT2D eigenvalue weighted by atomic mass is 9.78. The molecule has 7 heteroatoms. The highest BCUT2D eigenvalue weighted by Crippen LogP contribution is 2.33. The lowest BCUT2D eigenvalue weighted by Crippen LogP contribution is -2.18. The smallest absolute Gasteiger partial charge is 0.115 e. The third kappa shape index (κ3) is 41.8. The maximum absolute atomic E-state index is 9.30. The van der Waals surface area contributed by atoms with Crippen molar-refractivity contribution in [2.24, 2.45) is 0 Å². The first kappa shape index (κ1) is 85.3. The van der Waals surface area contributed by atoms with E-state index in [9.17, 15) is 10.2 Å². The van der Waals surface area contributed by atoms with E-state index in [4.69, 9.17) is 25.5 Å². The lowest BCUT2D eigenvalue weighted by molar-refractivity contribution is 0.281. The van der Waals surface area contributed by atoms with Crippen molar-refractivity contribution in [3.05, 3.63) is 262 Å². The summed E-state index contributed by atoms with van der Waals surface area (Å²) >= 11 is 0. The minimum absolute atomic E-state index is 0.137. The van der Waals surface area contributed by atoms with E-state index in [1.54, 1.807) is 72.8 Å². The van der Waals surface area contributed by atoms with Crippen LogP contribution in [0, 0.1) is 0 Å². The predicted octanol–water partition coefficient (Wildman–Crippen LogP) is 21.8. The average Bonchev–Trinajstić information content (AvgIpc) is 2.18. The van der Waals surface area contributed by atoms with Crippen LogP contribution in [0.1, 0.15) is 225 Å². The molecule has 0 saturated carbocycles. The van der Waals surface area contributed by atoms with E-state index >= 15 is 0 Å². The summed E-state index contributed by atoms with van der Waals surface area (Å²) in [5.41, 5.74) is 11.9.